The van der Waals surface area contributed by atoms with Gasteiger partial charge in [-0.15, -0.1) is 18.3 Å². The van der Waals surface area contributed by atoms with E-state index >= 15 is 0 Å². The quantitative estimate of drug-likeness (QED) is 0.433. The van der Waals surface area contributed by atoms with Gasteiger partial charge >= 0.3 is 15.5 Å². The van der Waals surface area contributed by atoms with E-state index < -0.39 is 21.3 Å². The second-order valence-corrected chi connectivity index (χ2v) is 8.50. The predicted molar refractivity (Wildman–Crippen MR) is 90.8 cm³/mol. The van der Waals surface area contributed by atoms with Crippen molar-refractivity contribution in [2.45, 2.75) is 17.3 Å². The number of piperazine rings is 1. The van der Waals surface area contributed by atoms with Crippen molar-refractivity contribution in [2.24, 2.45) is 0 Å². The number of hydrogen-bond donors (Lipinski definition) is 0. The van der Waals surface area contributed by atoms with Gasteiger partial charge in [0.25, 0.3) is 0 Å². The highest BCUT2D eigenvalue weighted by molar-refractivity contribution is 7.99. The van der Waals surface area contributed by atoms with Crippen LogP contribution in [0.2, 0.25) is 0 Å². The summed E-state index contributed by atoms with van der Waals surface area (Å²) in [6.45, 7) is 4.68. The Balaban J connectivity index is 2.17. The van der Waals surface area contributed by atoms with Crippen molar-refractivity contribution in [3.8, 4) is 0 Å². The van der Waals surface area contributed by atoms with Crippen molar-refractivity contribution in [1.82, 2.24) is 4.31 Å². The highest BCUT2D eigenvalue weighted by Crippen LogP contribution is 2.32. The molecule has 10 heteroatoms. The lowest BCUT2D eigenvalue weighted by molar-refractivity contribution is -0.0490. The molecular formula is C15H18F4N2O2S2. The lowest BCUT2D eigenvalue weighted by Gasteiger charge is -2.35. The van der Waals surface area contributed by atoms with Crippen LogP contribution in [0.25, 0.3) is 0 Å². The maximum Gasteiger partial charge on any atom is 0.511 e. The number of nitrogens with zero attached hydrogens (tertiary/aromatic N) is 2. The van der Waals surface area contributed by atoms with E-state index in [-0.39, 0.29) is 31.9 Å². The van der Waals surface area contributed by atoms with Gasteiger partial charge in [-0.2, -0.15) is 17.5 Å². The van der Waals surface area contributed by atoms with E-state index in [1.165, 1.54) is 17.8 Å². The molecule has 25 heavy (non-hydrogen) atoms. The summed E-state index contributed by atoms with van der Waals surface area (Å²) in [5, 5.41) is 0. The number of hydrogen-bond acceptors (Lipinski definition) is 4. The van der Waals surface area contributed by atoms with Crippen LogP contribution >= 0.6 is 11.8 Å². The number of benzene rings is 1. The molecule has 0 spiro atoms. The molecule has 0 N–H and O–H groups in total. The summed E-state index contributed by atoms with van der Waals surface area (Å²) in [5.41, 5.74) is -4.30. The van der Waals surface area contributed by atoms with Crippen molar-refractivity contribution in [1.29, 1.82) is 0 Å². The average molecular weight is 398 g/mol. The Kier molecular flexibility index (Phi) is 6.05. The molecule has 0 bridgehead atoms. The maximum atomic E-state index is 14.3. The molecule has 1 aromatic rings. The molecule has 0 aliphatic carbocycles. The molecule has 1 aliphatic heterocycles. The molecule has 0 radical (unpaired) electrons. The summed E-state index contributed by atoms with van der Waals surface area (Å²) in [7, 11) is -5.34. The molecule has 140 valence electrons. The number of aryl methyl sites for hydroxylation is 1. The van der Waals surface area contributed by atoms with Gasteiger partial charge < -0.3 is 4.90 Å². The highest BCUT2D eigenvalue weighted by Gasteiger charge is 2.50. The zero-order chi connectivity index (χ0) is 18.8. The Hall–Kier alpha value is -1.26. The summed E-state index contributed by atoms with van der Waals surface area (Å²) in [6.07, 6.45) is 1.72. The Morgan fingerprint density at radius 1 is 1.24 bits per heavy atom. The normalized spacial score (nSPS) is 16.9. The number of rotatable bonds is 5. The fraction of sp³-hybridized carbons (Fsp3) is 0.467. The summed E-state index contributed by atoms with van der Waals surface area (Å²) in [5.74, 6) is 0.163. The van der Waals surface area contributed by atoms with Crippen molar-refractivity contribution in [2.75, 3.05) is 36.8 Å². The molecular weight excluding hydrogens is 380 g/mol. The van der Waals surface area contributed by atoms with Crippen molar-refractivity contribution in [3.63, 3.8) is 0 Å². The van der Waals surface area contributed by atoms with Crippen LogP contribution in [-0.2, 0) is 10.0 Å². The maximum absolute atomic E-state index is 14.3. The van der Waals surface area contributed by atoms with Gasteiger partial charge in [0.2, 0.25) is 0 Å². The van der Waals surface area contributed by atoms with Crippen LogP contribution in [0.15, 0.2) is 29.7 Å². The van der Waals surface area contributed by atoms with Gasteiger partial charge in [-0.3, -0.25) is 0 Å². The Labute approximate surface area is 148 Å². The van der Waals surface area contributed by atoms with Crippen LogP contribution in [0, 0.1) is 12.7 Å². The first-order valence-electron chi connectivity index (χ1n) is 7.43. The molecule has 1 aromatic carbocycles. The number of alkyl halides is 3. The third-order valence-electron chi connectivity index (χ3n) is 3.81. The molecule has 0 saturated carbocycles. The minimum atomic E-state index is -5.34. The van der Waals surface area contributed by atoms with Crippen molar-refractivity contribution >= 4 is 27.5 Å². The third kappa shape index (κ3) is 4.29. The first kappa shape index (κ1) is 20.1. The Morgan fingerprint density at radius 2 is 1.84 bits per heavy atom. The van der Waals surface area contributed by atoms with E-state index in [0.717, 1.165) is 10.5 Å². The van der Waals surface area contributed by atoms with Gasteiger partial charge in [-0.05, 0) is 24.6 Å². The van der Waals surface area contributed by atoms with Gasteiger partial charge in [0.1, 0.15) is 5.82 Å². The van der Waals surface area contributed by atoms with Crippen LogP contribution in [0.4, 0.5) is 23.2 Å². The van der Waals surface area contributed by atoms with Crippen LogP contribution in [0.1, 0.15) is 5.56 Å². The minimum Gasteiger partial charge on any atom is -0.366 e. The highest BCUT2D eigenvalue weighted by atomic mass is 32.2. The SMILES string of the molecule is C=CCSc1cc(N2CCN(S(=O)(=O)C(F)(F)F)CC2)c(F)cc1C. The largest absolute Gasteiger partial charge is 0.511 e. The summed E-state index contributed by atoms with van der Waals surface area (Å²) >= 11 is 1.48. The van der Waals surface area contributed by atoms with Crippen molar-refractivity contribution < 1.29 is 26.0 Å². The molecule has 4 nitrogen and oxygen atoms in total. The van der Waals surface area contributed by atoms with E-state index in [1.807, 2.05) is 0 Å². The molecule has 1 saturated heterocycles. The second-order valence-electron chi connectivity index (χ2n) is 5.51. The van der Waals surface area contributed by atoms with Gasteiger partial charge in [-0.1, -0.05) is 6.08 Å². The average Bonchev–Trinajstić information content (AvgIpc) is 2.53. The monoisotopic (exact) mass is 398 g/mol. The molecule has 2 rings (SSSR count). The summed E-state index contributed by atoms with van der Waals surface area (Å²) < 4.78 is 75.3. The predicted octanol–water partition coefficient (Wildman–Crippen LogP) is 3.38. The van der Waals surface area contributed by atoms with E-state index in [0.29, 0.717) is 10.1 Å². The Bertz CT molecular complexity index is 743. The fourth-order valence-corrected chi connectivity index (χ4v) is 4.22. The number of halogens is 4. The van der Waals surface area contributed by atoms with Crippen LogP contribution in [0.5, 0.6) is 0 Å². The van der Waals surface area contributed by atoms with Gasteiger partial charge in [0.15, 0.2) is 0 Å². The standard InChI is InChI=1S/C15H18F4N2O2S2/c1-3-8-24-14-10-13(12(16)9-11(14)2)20-4-6-21(7-5-20)25(22,23)15(17,18)19/h3,9-10H,1,4-8H2,2H3. The molecule has 0 aromatic heterocycles. The van der Waals surface area contributed by atoms with Gasteiger partial charge in [0.05, 0.1) is 5.69 Å². The summed E-state index contributed by atoms with van der Waals surface area (Å²) in [6, 6.07) is 3.02. The van der Waals surface area contributed by atoms with E-state index in [4.69, 9.17) is 0 Å². The third-order valence-corrected chi connectivity index (χ3v) is 6.60. The number of sulfonamides is 1. The first-order valence-corrected chi connectivity index (χ1v) is 9.85. The van der Waals surface area contributed by atoms with Gasteiger partial charge in [-0.25, -0.2) is 12.8 Å². The van der Waals surface area contributed by atoms with E-state index in [2.05, 4.69) is 6.58 Å². The molecule has 0 unspecified atom stereocenters. The van der Waals surface area contributed by atoms with E-state index in [9.17, 15) is 26.0 Å². The van der Waals surface area contributed by atoms with Crippen LogP contribution < -0.4 is 4.90 Å². The fourth-order valence-electron chi connectivity index (χ4n) is 2.50. The lowest BCUT2D eigenvalue weighted by Crippen LogP contribution is -2.52. The van der Waals surface area contributed by atoms with E-state index in [1.54, 1.807) is 24.0 Å². The zero-order valence-electron chi connectivity index (χ0n) is 13.5. The first-order chi connectivity index (χ1) is 11.6. The van der Waals surface area contributed by atoms with Gasteiger partial charge in [0, 0.05) is 36.8 Å². The van der Waals surface area contributed by atoms with Crippen LogP contribution in [0.3, 0.4) is 0 Å². The smallest absolute Gasteiger partial charge is 0.366 e. The number of anilines is 1. The zero-order valence-corrected chi connectivity index (χ0v) is 15.1. The van der Waals surface area contributed by atoms with Crippen molar-refractivity contribution in [3.05, 3.63) is 36.2 Å². The lowest BCUT2D eigenvalue weighted by atomic mass is 10.2. The molecule has 0 atom stereocenters. The van der Waals surface area contributed by atoms with Crippen LogP contribution in [-0.4, -0.2) is 50.2 Å². The molecule has 1 aliphatic rings. The molecule has 1 heterocycles. The molecule has 1 fully saturated rings. The molecule has 0 amide bonds. The minimum absolute atomic E-state index is 0.0130. The Morgan fingerprint density at radius 3 is 2.36 bits per heavy atom. The summed E-state index contributed by atoms with van der Waals surface area (Å²) in [4.78, 5) is 2.41. The number of thioether (sulfide) groups is 1. The topological polar surface area (TPSA) is 40.6 Å². The second kappa shape index (κ2) is 7.55.